The van der Waals surface area contributed by atoms with Crippen molar-refractivity contribution in [2.24, 2.45) is 0 Å². The fraction of sp³-hybridized carbons (Fsp3) is 0.0345. The molecule has 0 unspecified atom stereocenters. The molecule has 0 aliphatic rings. The number of amides is 3. The molecule has 3 amide bonds. The van der Waals surface area contributed by atoms with Crippen molar-refractivity contribution in [1.82, 2.24) is 10.3 Å². The van der Waals surface area contributed by atoms with Crippen LogP contribution in [0.1, 0.15) is 15.9 Å². The zero-order valence-electron chi connectivity index (χ0n) is 20.4. The quantitative estimate of drug-likeness (QED) is 0.155. The Kier molecular flexibility index (Phi) is 9.74. The number of nitrogens with zero attached hydrogens (tertiary/aromatic N) is 1. The molecule has 1 aromatic heterocycles. The molecule has 4 aromatic rings. The first-order valence-corrected chi connectivity index (χ1v) is 13.4. The Morgan fingerprint density at radius 3 is 2.31 bits per heavy atom. The van der Waals surface area contributed by atoms with Crippen molar-refractivity contribution in [3.05, 3.63) is 124 Å². The van der Waals surface area contributed by atoms with E-state index in [1.54, 1.807) is 97.3 Å². The molecule has 0 atom stereocenters. The summed E-state index contributed by atoms with van der Waals surface area (Å²) < 4.78 is 0. The van der Waals surface area contributed by atoms with Crippen LogP contribution >= 0.6 is 35.0 Å². The average Bonchev–Trinajstić information content (AvgIpc) is 2.92. The molecule has 0 aliphatic carbocycles. The lowest BCUT2D eigenvalue weighted by Crippen LogP contribution is -2.30. The third kappa shape index (κ3) is 8.71. The number of carbonyl (C=O) groups is 3. The van der Waals surface area contributed by atoms with Gasteiger partial charge >= 0.3 is 0 Å². The van der Waals surface area contributed by atoms with Gasteiger partial charge in [-0.25, -0.2) is 0 Å². The highest BCUT2D eigenvalue weighted by Gasteiger charge is 2.15. The zero-order valence-corrected chi connectivity index (χ0v) is 22.7. The van der Waals surface area contributed by atoms with Crippen molar-refractivity contribution < 1.29 is 14.4 Å². The lowest BCUT2D eigenvalue weighted by molar-refractivity contribution is -0.114. The number of anilines is 2. The highest BCUT2D eigenvalue weighted by Crippen LogP contribution is 2.25. The Labute approximate surface area is 239 Å². The van der Waals surface area contributed by atoms with Crippen LogP contribution in [0.25, 0.3) is 6.08 Å². The first-order valence-electron chi connectivity index (χ1n) is 11.6. The van der Waals surface area contributed by atoms with E-state index in [-0.39, 0.29) is 17.4 Å². The molecule has 0 saturated carbocycles. The van der Waals surface area contributed by atoms with Gasteiger partial charge in [-0.1, -0.05) is 53.5 Å². The summed E-state index contributed by atoms with van der Waals surface area (Å²) in [7, 11) is 0. The first kappa shape index (κ1) is 27.9. The van der Waals surface area contributed by atoms with E-state index in [9.17, 15) is 14.4 Å². The van der Waals surface area contributed by atoms with Crippen LogP contribution in [-0.2, 0) is 9.59 Å². The van der Waals surface area contributed by atoms with Gasteiger partial charge in [0.15, 0.2) is 0 Å². The molecule has 0 fully saturated rings. The van der Waals surface area contributed by atoms with Crippen LogP contribution in [0.3, 0.4) is 0 Å². The molecule has 0 spiro atoms. The van der Waals surface area contributed by atoms with Crippen LogP contribution in [0, 0.1) is 0 Å². The predicted octanol–water partition coefficient (Wildman–Crippen LogP) is 6.53. The van der Waals surface area contributed by atoms with Crippen molar-refractivity contribution in [2.45, 2.75) is 4.90 Å². The summed E-state index contributed by atoms with van der Waals surface area (Å²) >= 11 is 13.3. The van der Waals surface area contributed by atoms with Gasteiger partial charge < -0.3 is 16.0 Å². The maximum Gasteiger partial charge on any atom is 0.272 e. The molecule has 3 aromatic carbocycles. The second-order valence-electron chi connectivity index (χ2n) is 8.14. The van der Waals surface area contributed by atoms with Gasteiger partial charge in [0.2, 0.25) is 5.91 Å². The molecule has 0 aliphatic heterocycles. The Hall–Kier alpha value is -4.11. The molecule has 4 rings (SSSR count). The highest BCUT2D eigenvalue weighted by molar-refractivity contribution is 8.00. The van der Waals surface area contributed by atoms with Crippen LogP contribution in [0.5, 0.6) is 0 Å². The highest BCUT2D eigenvalue weighted by atomic mass is 35.5. The number of thioether (sulfide) groups is 1. The minimum Gasteiger partial charge on any atom is -0.325 e. The summed E-state index contributed by atoms with van der Waals surface area (Å²) in [6.45, 7) is 0. The summed E-state index contributed by atoms with van der Waals surface area (Å²) in [6, 6.07) is 24.0. The van der Waals surface area contributed by atoms with Gasteiger partial charge in [-0.3, -0.25) is 19.4 Å². The molecule has 0 bridgehead atoms. The number of rotatable bonds is 9. The maximum absolute atomic E-state index is 13.2. The van der Waals surface area contributed by atoms with Crippen molar-refractivity contribution in [2.75, 3.05) is 16.4 Å². The summed E-state index contributed by atoms with van der Waals surface area (Å²) in [4.78, 5) is 43.2. The number of halogens is 2. The molecule has 196 valence electrons. The lowest BCUT2D eigenvalue weighted by atomic mass is 10.2. The van der Waals surface area contributed by atoms with Gasteiger partial charge in [0.1, 0.15) is 5.70 Å². The monoisotopic (exact) mass is 576 g/mol. The minimum absolute atomic E-state index is 0.0504. The number of aromatic nitrogens is 1. The molecular formula is C29H22Cl2N4O3S. The zero-order chi connectivity index (χ0) is 27.6. The summed E-state index contributed by atoms with van der Waals surface area (Å²) in [5, 5.41) is 9.11. The standard InChI is InChI=1S/C29H22Cl2N4O3S/c30-21-13-22(31)15-24(14-21)33-27(36)18-39-25-10-4-9-23(16-25)34-29(38)26(12-19-6-5-11-32-17-19)35-28(37)20-7-2-1-3-8-20/h1-17H,18H2,(H,33,36)(H,34,38)(H,35,37)/b26-12-. The van der Waals surface area contributed by atoms with E-state index < -0.39 is 11.8 Å². The number of hydrogen-bond acceptors (Lipinski definition) is 5. The van der Waals surface area contributed by atoms with E-state index in [1.165, 1.54) is 11.8 Å². The fourth-order valence-electron chi connectivity index (χ4n) is 3.40. The van der Waals surface area contributed by atoms with E-state index in [0.717, 1.165) is 4.90 Å². The van der Waals surface area contributed by atoms with Crippen LogP contribution in [-0.4, -0.2) is 28.5 Å². The third-order valence-corrected chi connectivity index (χ3v) is 6.56. The largest absolute Gasteiger partial charge is 0.325 e. The van der Waals surface area contributed by atoms with Gasteiger partial charge in [0.25, 0.3) is 11.8 Å². The molecule has 3 N–H and O–H groups in total. The number of nitrogens with one attached hydrogen (secondary N) is 3. The minimum atomic E-state index is -0.513. The van der Waals surface area contributed by atoms with Gasteiger partial charge in [0, 0.05) is 44.3 Å². The number of benzene rings is 3. The Morgan fingerprint density at radius 2 is 1.59 bits per heavy atom. The number of pyridine rings is 1. The third-order valence-electron chi connectivity index (χ3n) is 5.13. The van der Waals surface area contributed by atoms with E-state index >= 15 is 0 Å². The second kappa shape index (κ2) is 13.6. The topological polar surface area (TPSA) is 100 Å². The van der Waals surface area contributed by atoms with Crippen molar-refractivity contribution in [1.29, 1.82) is 0 Å². The molecule has 10 heteroatoms. The summed E-state index contributed by atoms with van der Waals surface area (Å²) in [5.41, 5.74) is 2.11. The number of carbonyl (C=O) groups excluding carboxylic acids is 3. The van der Waals surface area contributed by atoms with Gasteiger partial charge in [-0.2, -0.15) is 0 Å². The predicted molar refractivity (Wildman–Crippen MR) is 157 cm³/mol. The molecule has 0 saturated heterocycles. The fourth-order valence-corrected chi connectivity index (χ4v) is 4.69. The molecular weight excluding hydrogens is 555 g/mol. The van der Waals surface area contributed by atoms with Crippen molar-refractivity contribution in [3.8, 4) is 0 Å². The molecule has 7 nitrogen and oxygen atoms in total. The number of hydrogen-bond donors (Lipinski definition) is 3. The second-order valence-corrected chi connectivity index (χ2v) is 10.1. The normalized spacial score (nSPS) is 11.0. The van der Waals surface area contributed by atoms with Crippen LogP contribution in [0.15, 0.2) is 108 Å². The van der Waals surface area contributed by atoms with Gasteiger partial charge in [-0.15, -0.1) is 11.8 Å². The van der Waals surface area contributed by atoms with Gasteiger partial charge in [-0.05, 0) is 66.2 Å². The maximum atomic E-state index is 13.2. The van der Waals surface area contributed by atoms with Crippen LogP contribution < -0.4 is 16.0 Å². The van der Waals surface area contributed by atoms with Crippen LogP contribution in [0.4, 0.5) is 11.4 Å². The van der Waals surface area contributed by atoms with E-state index in [0.29, 0.717) is 32.5 Å². The molecule has 0 radical (unpaired) electrons. The van der Waals surface area contributed by atoms with E-state index in [4.69, 9.17) is 23.2 Å². The Morgan fingerprint density at radius 1 is 0.821 bits per heavy atom. The van der Waals surface area contributed by atoms with Crippen molar-refractivity contribution >= 4 is 70.1 Å². The van der Waals surface area contributed by atoms with Crippen LogP contribution in [0.2, 0.25) is 10.0 Å². The molecule has 39 heavy (non-hydrogen) atoms. The smallest absolute Gasteiger partial charge is 0.272 e. The van der Waals surface area contributed by atoms with E-state index in [1.807, 2.05) is 6.07 Å². The van der Waals surface area contributed by atoms with E-state index in [2.05, 4.69) is 20.9 Å². The van der Waals surface area contributed by atoms with Gasteiger partial charge in [0.05, 0.1) is 5.75 Å². The SMILES string of the molecule is O=C(CSc1cccc(NC(=O)/C(=C/c2cccnc2)NC(=O)c2ccccc2)c1)Nc1cc(Cl)cc(Cl)c1. The lowest BCUT2D eigenvalue weighted by Gasteiger charge is -2.12. The summed E-state index contributed by atoms with van der Waals surface area (Å²) in [6.07, 6.45) is 4.75. The Balaban J connectivity index is 1.43. The average molecular weight is 577 g/mol. The summed E-state index contributed by atoms with van der Waals surface area (Å²) in [5.74, 6) is -1.04. The molecule has 1 heterocycles. The van der Waals surface area contributed by atoms with Crippen molar-refractivity contribution in [3.63, 3.8) is 0 Å². The first-order chi connectivity index (χ1) is 18.9. The Bertz CT molecular complexity index is 1500.